The zero-order valence-electron chi connectivity index (χ0n) is 13.4. The third kappa shape index (κ3) is 3.12. The maximum Gasteiger partial charge on any atom is 0.266 e. The van der Waals surface area contributed by atoms with Crippen molar-refractivity contribution >= 4 is 23.1 Å². The highest BCUT2D eigenvalue weighted by Gasteiger charge is 2.18. The van der Waals surface area contributed by atoms with E-state index >= 15 is 0 Å². The lowest BCUT2D eigenvalue weighted by atomic mass is 9.99. The van der Waals surface area contributed by atoms with Gasteiger partial charge in [-0.3, -0.25) is 4.79 Å². The standard InChI is InChI=1S/C19H19N3OS/c23-19(17-12-15-8-4-5-9-16(15)24-17)21-18-10-11-20-22(18)13-14-6-2-1-3-7-14/h1-3,6-7,10-12H,4-5,8-9,13H2,(H,21,23). The Labute approximate surface area is 145 Å². The number of aromatic nitrogens is 2. The van der Waals surface area contributed by atoms with Crippen LogP contribution in [0.5, 0.6) is 0 Å². The molecule has 0 saturated heterocycles. The van der Waals surface area contributed by atoms with Gasteiger partial charge in [0.1, 0.15) is 5.82 Å². The van der Waals surface area contributed by atoms with E-state index in [-0.39, 0.29) is 5.91 Å². The summed E-state index contributed by atoms with van der Waals surface area (Å²) in [5, 5.41) is 7.34. The number of thiophene rings is 1. The minimum atomic E-state index is -0.0378. The van der Waals surface area contributed by atoms with Crippen molar-refractivity contribution in [2.24, 2.45) is 0 Å². The monoisotopic (exact) mass is 337 g/mol. The van der Waals surface area contributed by atoms with Crippen LogP contribution in [0.2, 0.25) is 0 Å². The summed E-state index contributed by atoms with van der Waals surface area (Å²) in [4.78, 5) is 14.8. The van der Waals surface area contributed by atoms with Gasteiger partial charge in [0.25, 0.3) is 5.91 Å². The minimum Gasteiger partial charge on any atom is -0.306 e. The molecule has 1 aliphatic carbocycles. The van der Waals surface area contributed by atoms with Gasteiger partial charge in [-0.15, -0.1) is 11.3 Å². The molecule has 1 aliphatic rings. The van der Waals surface area contributed by atoms with E-state index in [1.807, 2.05) is 28.9 Å². The van der Waals surface area contributed by atoms with Crippen molar-refractivity contribution in [3.8, 4) is 0 Å². The van der Waals surface area contributed by atoms with Crippen LogP contribution >= 0.6 is 11.3 Å². The smallest absolute Gasteiger partial charge is 0.266 e. The predicted molar refractivity (Wildman–Crippen MR) is 96.7 cm³/mol. The molecule has 0 saturated carbocycles. The van der Waals surface area contributed by atoms with Gasteiger partial charge in [-0.05, 0) is 42.9 Å². The molecular weight excluding hydrogens is 318 g/mol. The van der Waals surface area contributed by atoms with Crippen molar-refractivity contribution in [2.75, 3.05) is 5.32 Å². The molecule has 0 aliphatic heterocycles. The van der Waals surface area contributed by atoms with Crippen molar-refractivity contribution in [3.63, 3.8) is 0 Å². The van der Waals surface area contributed by atoms with Gasteiger partial charge in [-0.1, -0.05) is 30.3 Å². The van der Waals surface area contributed by atoms with E-state index in [4.69, 9.17) is 0 Å². The van der Waals surface area contributed by atoms with Crippen LogP contribution in [0.4, 0.5) is 5.82 Å². The number of carbonyl (C=O) groups excluding carboxylic acids is 1. The number of amides is 1. The Morgan fingerprint density at radius 1 is 1.17 bits per heavy atom. The maximum atomic E-state index is 12.6. The Morgan fingerprint density at radius 3 is 2.83 bits per heavy atom. The van der Waals surface area contributed by atoms with E-state index in [1.165, 1.54) is 23.3 Å². The summed E-state index contributed by atoms with van der Waals surface area (Å²) >= 11 is 1.63. The second-order valence-electron chi connectivity index (χ2n) is 6.08. The van der Waals surface area contributed by atoms with Gasteiger partial charge >= 0.3 is 0 Å². The first-order valence-corrected chi connectivity index (χ1v) is 9.10. The molecular formula is C19H19N3OS. The molecule has 2 heterocycles. The third-order valence-corrected chi connectivity index (χ3v) is 5.59. The molecule has 0 unspecified atom stereocenters. The van der Waals surface area contributed by atoms with Crippen molar-refractivity contribution in [2.45, 2.75) is 32.2 Å². The number of anilines is 1. The summed E-state index contributed by atoms with van der Waals surface area (Å²) < 4.78 is 1.82. The summed E-state index contributed by atoms with van der Waals surface area (Å²) in [7, 11) is 0. The van der Waals surface area contributed by atoms with Gasteiger partial charge in [0.2, 0.25) is 0 Å². The van der Waals surface area contributed by atoms with Gasteiger partial charge in [0.15, 0.2) is 0 Å². The number of aryl methyl sites for hydroxylation is 2. The van der Waals surface area contributed by atoms with Crippen molar-refractivity contribution in [1.82, 2.24) is 9.78 Å². The van der Waals surface area contributed by atoms with Crippen LogP contribution in [0.3, 0.4) is 0 Å². The number of carbonyl (C=O) groups is 1. The first-order chi connectivity index (χ1) is 11.8. The number of fused-ring (bicyclic) bond motifs is 1. The van der Waals surface area contributed by atoms with Crippen LogP contribution in [0.25, 0.3) is 0 Å². The molecule has 0 bridgehead atoms. The molecule has 0 atom stereocenters. The molecule has 122 valence electrons. The highest BCUT2D eigenvalue weighted by atomic mass is 32.1. The lowest BCUT2D eigenvalue weighted by Crippen LogP contribution is -2.15. The van der Waals surface area contributed by atoms with Crippen LogP contribution in [0.1, 0.15) is 38.5 Å². The quantitative estimate of drug-likeness (QED) is 0.778. The zero-order chi connectivity index (χ0) is 16.4. The first-order valence-electron chi connectivity index (χ1n) is 8.28. The van der Waals surface area contributed by atoms with Gasteiger partial charge in [0, 0.05) is 10.9 Å². The van der Waals surface area contributed by atoms with Gasteiger partial charge in [0.05, 0.1) is 17.6 Å². The number of benzene rings is 1. The molecule has 3 aromatic rings. The second kappa shape index (κ2) is 6.61. The SMILES string of the molecule is O=C(Nc1ccnn1Cc1ccccc1)c1cc2c(s1)CCCC2. The van der Waals surface area contributed by atoms with E-state index in [2.05, 4.69) is 28.6 Å². The summed E-state index contributed by atoms with van der Waals surface area (Å²) in [6.45, 7) is 0.643. The highest BCUT2D eigenvalue weighted by Crippen LogP contribution is 2.30. The summed E-state index contributed by atoms with van der Waals surface area (Å²) in [5.74, 6) is 0.694. The number of hydrogen-bond donors (Lipinski definition) is 1. The zero-order valence-corrected chi connectivity index (χ0v) is 14.2. The molecule has 24 heavy (non-hydrogen) atoms. The van der Waals surface area contributed by atoms with Crippen LogP contribution in [-0.4, -0.2) is 15.7 Å². The van der Waals surface area contributed by atoms with E-state index in [9.17, 15) is 4.79 Å². The summed E-state index contributed by atoms with van der Waals surface area (Å²) in [5.41, 5.74) is 2.51. The Bertz CT molecular complexity index is 827. The molecule has 0 spiro atoms. The Morgan fingerprint density at radius 2 is 2.00 bits per heavy atom. The molecule has 1 amide bonds. The molecule has 1 aromatic carbocycles. The van der Waals surface area contributed by atoms with Crippen LogP contribution < -0.4 is 5.32 Å². The first kappa shape index (κ1) is 15.1. The van der Waals surface area contributed by atoms with E-state index < -0.39 is 0 Å². The number of hydrogen-bond acceptors (Lipinski definition) is 3. The Balaban J connectivity index is 1.50. The van der Waals surface area contributed by atoms with Crippen molar-refractivity contribution in [1.29, 1.82) is 0 Å². The van der Waals surface area contributed by atoms with Gasteiger partial charge in [-0.25, -0.2) is 4.68 Å². The third-order valence-electron chi connectivity index (χ3n) is 4.35. The van der Waals surface area contributed by atoms with E-state index in [0.29, 0.717) is 6.54 Å². The van der Waals surface area contributed by atoms with Crippen LogP contribution in [0, 0.1) is 0 Å². The largest absolute Gasteiger partial charge is 0.306 e. The lowest BCUT2D eigenvalue weighted by molar-refractivity contribution is 0.102. The average Bonchev–Trinajstić information content (AvgIpc) is 3.23. The minimum absolute atomic E-state index is 0.0378. The van der Waals surface area contributed by atoms with Crippen LogP contribution in [-0.2, 0) is 19.4 Å². The summed E-state index contributed by atoms with van der Waals surface area (Å²) in [6, 6.07) is 14.0. The fourth-order valence-electron chi connectivity index (χ4n) is 3.10. The topological polar surface area (TPSA) is 46.9 Å². The number of nitrogens with one attached hydrogen (secondary N) is 1. The molecule has 4 nitrogen and oxygen atoms in total. The van der Waals surface area contributed by atoms with Gasteiger partial charge < -0.3 is 5.32 Å². The van der Waals surface area contributed by atoms with E-state index in [1.54, 1.807) is 17.5 Å². The Kier molecular flexibility index (Phi) is 4.17. The van der Waals surface area contributed by atoms with Crippen LogP contribution in [0.15, 0.2) is 48.7 Å². The van der Waals surface area contributed by atoms with Crippen molar-refractivity contribution < 1.29 is 4.79 Å². The fraction of sp³-hybridized carbons (Fsp3) is 0.263. The normalized spacial score (nSPS) is 13.5. The van der Waals surface area contributed by atoms with Crippen molar-refractivity contribution in [3.05, 3.63) is 69.5 Å². The lowest BCUT2D eigenvalue weighted by Gasteiger charge is -2.08. The molecule has 4 rings (SSSR count). The Hall–Kier alpha value is -2.40. The average molecular weight is 337 g/mol. The number of rotatable bonds is 4. The molecule has 0 fully saturated rings. The van der Waals surface area contributed by atoms with E-state index in [0.717, 1.165) is 29.1 Å². The fourth-order valence-corrected chi connectivity index (χ4v) is 4.25. The maximum absolute atomic E-state index is 12.6. The second-order valence-corrected chi connectivity index (χ2v) is 7.22. The molecule has 0 radical (unpaired) electrons. The molecule has 1 N–H and O–H groups in total. The van der Waals surface area contributed by atoms with Gasteiger partial charge in [-0.2, -0.15) is 5.10 Å². The molecule has 5 heteroatoms. The highest BCUT2D eigenvalue weighted by molar-refractivity contribution is 7.14. The summed E-state index contributed by atoms with van der Waals surface area (Å²) in [6.07, 6.45) is 6.40. The predicted octanol–water partition coefficient (Wildman–Crippen LogP) is 4.12. The molecule has 2 aromatic heterocycles. The number of nitrogens with zero attached hydrogens (tertiary/aromatic N) is 2.